The molecule has 0 aliphatic carbocycles. The number of hydrogen-bond acceptors (Lipinski definition) is 5. The molecule has 0 bridgehead atoms. The topological polar surface area (TPSA) is 54.0 Å². The number of aliphatic hydroxyl groups is 1. The molecule has 5 nitrogen and oxygen atoms in total. The minimum atomic E-state index is -0.463. The summed E-state index contributed by atoms with van der Waals surface area (Å²) in [5, 5.41) is 13.4. The summed E-state index contributed by atoms with van der Waals surface area (Å²) in [7, 11) is 1.63. The lowest BCUT2D eigenvalue weighted by atomic mass is 10.3. The average molecular weight is 280 g/mol. The molecule has 0 aromatic heterocycles. The molecule has 0 spiro atoms. The highest BCUT2D eigenvalue weighted by atomic mass is 16.5. The van der Waals surface area contributed by atoms with Gasteiger partial charge in [-0.05, 0) is 43.8 Å². The van der Waals surface area contributed by atoms with Crippen LogP contribution in [0.2, 0.25) is 0 Å². The van der Waals surface area contributed by atoms with Gasteiger partial charge in [0.05, 0.1) is 7.11 Å². The fourth-order valence-electron chi connectivity index (χ4n) is 2.30. The van der Waals surface area contributed by atoms with Crippen LogP contribution in [0.5, 0.6) is 11.5 Å². The van der Waals surface area contributed by atoms with Gasteiger partial charge in [0.2, 0.25) is 0 Å². The van der Waals surface area contributed by atoms with Crippen LogP contribution in [-0.4, -0.2) is 62.6 Å². The Labute approximate surface area is 120 Å². The second kappa shape index (κ2) is 8.09. The van der Waals surface area contributed by atoms with E-state index in [0.29, 0.717) is 13.2 Å². The molecule has 1 atom stereocenters. The van der Waals surface area contributed by atoms with Crippen molar-refractivity contribution in [2.24, 2.45) is 0 Å². The van der Waals surface area contributed by atoms with Crippen LogP contribution < -0.4 is 14.8 Å². The molecule has 1 saturated heterocycles. The molecule has 20 heavy (non-hydrogen) atoms. The van der Waals surface area contributed by atoms with E-state index in [1.54, 1.807) is 7.11 Å². The van der Waals surface area contributed by atoms with Crippen molar-refractivity contribution in [3.63, 3.8) is 0 Å². The van der Waals surface area contributed by atoms with Gasteiger partial charge < -0.3 is 19.9 Å². The summed E-state index contributed by atoms with van der Waals surface area (Å²) in [6.45, 7) is 5.06. The summed E-state index contributed by atoms with van der Waals surface area (Å²) in [5.74, 6) is 1.55. The van der Waals surface area contributed by atoms with E-state index in [1.807, 2.05) is 24.3 Å². The number of rotatable bonds is 6. The Hall–Kier alpha value is -1.30. The first kappa shape index (κ1) is 15.1. The third-order valence-corrected chi connectivity index (χ3v) is 3.40. The zero-order valence-corrected chi connectivity index (χ0v) is 12.0. The third-order valence-electron chi connectivity index (χ3n) is 3.40. The van der Waals surface area contributed by atoms with Gasteiger partial charge in [-0.25, -0.2) is 0 Å². The van der Waals surface area contributed by atoms with Crippen molar-refractivity contribution >= 4 is 0 Å². The summed E-state index contributed by atoms with van der Waals surface area (Å²) >= 11 is 0. The first-order valence-corrected chi connectivity index (χ1v) is 7.16. The van der Waals surface area contributed by atoms with Gasteiger partial charge in [0.15, 0.2) is 0 Å². The van der Waals surface area contributed by atoms with E-state index in [1.165, 1.54) is 0 Å². The van der Waals surface area contributed by atoms with Gasteiger partial charge in [-0.1, -0.05) is 0 Å². The number of methoxy groups -OCH3 is 1. The number of hydrogen-bond donors (Lipinski definition) is 2. The lowest BCUT2D eigenvalue weighted by Gasteiger charge is -2.22. The van der Waals surface area contributed by atoms with Crippen molar-refractivity contribution in [2.75, 3.05) is 46.4 Å². The molecule has 1 aromatic rings. The standard InChI is InChI=1S/C15H24N2O3/c1-19-14-3-5-15(6-4-14)20-12-13(18)11-17-9-2-7-16-8-10-17/h3-6,13,16,18H,2,7-12H2,1H3/t13-/m0/s1. The van der Waals surface area contributed by atoms with Gasteiger partial charge in [-0.15, -0.1) is 0 Å². The van der Waals surface area contributed by atoms with E-state index < -0.39 is 6.10 Å². The van der Waals surface area contributed by atoms with E-state index >= 15 is 0 Å². The second-order valence-electron chi connectivity index (χ2n) is 5.04. The number of nitrogens with one attached hydrogen (secondary N) is 1. The molecule has 2 N–H and O–H groups in total. The van der Waals surface area contributed by atoms with Gasteiger partial charge >= 0.3 is 0 Å². The zero-order valence-electron chi connectivity index (χ0n) is 12.0. The Morgan fingerprint density at radius 2 is 1.95 bits per heavy atom. The molecule has 1 fully saturated rings. The van der Waals surface area contributed by atoms with E-state index in [-0.39, 0.29) is 0 Å². The highest BCUT2D eigenvalue weighted by Crippen LogP contribution is 2.17. The van der Waals surface area contributed by atoms with E-state index in [2.05, 4.69) is 10.2 Å². The fourth-order valence-corrected chi connectivity index (χ4v) is 2.30. The molecular formula is C15H24N2O3. The van der Waals surface area contributed by atoms with Crippen molar-refractivity contribution < 1.29 is 14.6 Å². The normalized spacial score (nSPS) is 18.3. The van der Waals surface area contributed by atoms with Crippen LogP contribution in [0, 0.1) is 0 Å². The van der Waals surface area contributed by atoms with Crippen LogP contribution in [0.15, 0.2) is 24.3 Å². The maximum absolute atomic E-state index is 10.0. The molecule has 2 rings (SSSR count). The van der Waals surface area contributed by atoms with Gasteiger partial charge in [0, 0.05) is 19.6 Å². The maximum Gasteiger partial charge on any atom is 0.119 e. The molecule has 0 saturated carbocycles. The molecule has 5 heteroatoms. The first-order valence-electron chi connectivity index (χ1n) is 7.16. The summed E-state index contributed by atoms with van der Waals surface area (Å²) in [5.41, 5.74) is 0. The Balaban J connectivity index is 1.71. The largest absolute Gasteiger partial charge is 0.497 e. The van der Waals surface area contributed by atoms with E-state index in [4.69, 9.17) is 9.47 Å². The molecule has 0 amide bonds. The minimum Gasteiger partial charge on any atom is -0.497 e. The monoisotopic (exact) mass is 280 g/mol. The number of ether oxygens (including phenoxy) is 2. The average Bonchev–Trinajstić information content (AvgIpc) is 2.74. The summed E-state index contributed by atoms with van der Waals surface area (Å²) in [4.78, 5) is 2.28. The minimum absolute atomic E-state index is 0.316. The van der Waals surface area contributed by atoms with Crippen LogP contribution in [0.25, 0.3) is 0 Å². The zero-order chi connectivity index (χ0) is 14.2. The molecule has 1 aliphatic heterocycles. The SMILES string of the molecule is COc1ccc(OC[C@@H](O)CN2CCCNCC2)cc1. The molecule has 1 aliphatic rings. The van der Waals surface area contributed by atoms with Crippen molar-refractivity contribution in [2.45, 2.75) is 12.5 Å². The number of aliphatic hydroxyl groups excluding tert-OH is 1. The molecule has 1 heterocycles. The molecular weight excluding hydrogens is 256 g/mol. The smallest absolute Gasteiger partial charge is 0.119 e. The maximum atomic E-state index is 10.0. The van der Waals surface area contributed by atoms with Crippen LogP contribution in [0.4, 0.5) is 0 Å². The van der Waals surface area contributed by atoms with Crippen molar-refractivity contribution in [3.8, 4) is 11.5 Å². The van der Waals surface area contributed by atoms with Gasteiger partial charge in [-0.3, -0.25) is 4.90 Å². The number of benzene rings is 1. The molecule has 0 radical (unpaired) electrons. The highest BCUT2D eigenvalue weighted by Gasteiger charge is 2.14. The fraction of sp³-hybridized carbons (Fsp3) is 0.600. The van der Waals surface area contributed by atoms with Crippen molar-refractivity contribution in [1.82, 2.24) is 10.2 Å². The second-order valence-corrected chi connectivity index (χ2v) is 5.04. The molecule has 112 valence electrons. The van der Waals surface area contributed by atoms with Crippen molar-refractivity contribution in [3.05, 3.63) is 24.3 Å². The Morgan fingerprint density at radius 1 is 1.20 bits per heavy atom. The van der Waals surface area contributed by atoms with Crippen molar-refractivity contribution in [1.29, 1.82) is 0 Å². The third kappa shape index (κ3) is 5.00. The Kier molecular flexibility index (Phi) is 6.11. The lowest BCUT2D eigenvalue weighted by molar-refractivity contribution is 0.0703. The number of β-amino-alcohol motifs (C(OH)–C–C–N with tert-alkyl or cyclic N) is 1. The van der Waals surface area contributed by atoms with Gasteiger partial charge in [0.1, 0.15) is 24.2 Å². The van der Waals surface area contributed by atoms with Crippen LogP contribution >= 0.6 is 0 Å². The summed E-state index contributed by atoms with van der Waals surface area (Å²) in [6.07, 6.45) is 0.668. The lowest BCUT2D eigenvalue weighted by Crippen LogP contribution is -2.37. The first-order chi connectivity index (χ1) is 9.78. The quantitative estimate of drug-likeness (QED) is 0.804. The van der Waals surface area contributed by atoms with E-state index in [9.17, 15) is 5.11 Å². The predicted octanol–water partition coefficient (Wildman–Crippen LogP) is 0.730. The highest BCUT2D eigenvalue weighted by molar-refractivity contribution is 5.31. The van der Waals surface area contributed by atoms with E-state index in [0.717, 1.165) is 44.1 Å². The Bertz CT molecular complexity index is 375. The number of nitrogens with zero attached hydrogens (tertiary/aromatic N) is 1. The van der Waals surface area contributed by atoms with Crippen LogP contribution in [0.1, 0.15) is 6.42 Å². The Morgan fingerprint density at radius 3 is 2.70 bits per heavy atom. The summed E-state index contributed by atoms with van der Waals surface area (Å²) in [6, 6.07) is 7.40. The van der Waals surface area contributed by atoms with Gasteiger partial charge in [-0.2, -0.15) is 0 Å². The summed E-state index contributed by atoms with van der Waals surface area (Å²) < 4.78 is 10.7. The predicted molar refractivity (Wildman–Crippen MR) is 78.4 cm³/mol. The molecule has 1 aromatic carbocycles. The van der Waals surface area contributed by atoms with Crippen LogP contribution in [-0.2, 0) is 0 Å². The van der Waals surface area contributed by atoms with Gasteiger partial charge in [0.25, 0.3) is 0 Å². The van der Waals surface area contributed by atoms with Crippen LogP contribution in [0.3, 0.4) is 0 Å². The molecule has 0 unspecified atom stereocenters.